The first-order valence-corrected chi connectivity index (χ1v) is 8.37. The number of halogens is 4. The van der Waals surface area contributed by atoms with Gasteiger partial charge < -0.3 is 5.32 Å². The number of hydrogen-bond acceptors (Lipinski definition) is 2. The number of thioether (sulfide) groups is 1. The molecule has 0 radical (unpaired) electrons. The van der Waals surface area contributed by atoms with Crippen LogP contribution in [0.15, 0.2) is 45.8 Å². The number of hydrogen-bond donors (Lipinski definition) is 1. The van der Waals surface area contributed by atoms with Crippen molar-refractivity contribution in [1.29, 1.82) is 0 Å². The van der Waals surface area contributed by atoms with Crippen LogP contribution >= 0.6 is 39.3 Å². The molecule has 0 aliphatic heterocycles. The fraction of sp³-hybridized carbons (Fsp3) is 0.200. The summed E-state index contributed by atoms with van der Waals surface area (Å²) in [6, 6.07) is 9.48. The quantitative estimate of drug-likeness (QED) is 0.537. The zero-order valence-electron chi connectivity index (χ0n) is 11.2. The Hall–Kier alpha value is -0.620. The van der Waals surface area contributed by atoms with E-state index in [2.05, 4.69) is 21.2 Å². The molecule has 1 atom stereocenters. The van der Waals surface area contributed by atoms with Crippen LogP contribution in [-0.4, -0.2) is 12.8 Å². The summed E-state index contributed by atoms with van der Waals surface area (Å²) < 4.78 is 27.6. The van der Waals surface area contributed by atoms with Gasteiger partial charge in [0.05, 0.1) is 5.02 Å². The maximum absolute atomic E-state index is 14.2. The minimum absolute atomic E-state index is 0.0829. The Balaban J connectivity index is 2.13. The van der Waals surface area contributed by atoms with Gasteiger partial charge in [0, 0.05) is 26.7 Å². The molecular weight excluding hydrogens is 380 g/mol. The lowest BCUT2D eigenvalue weighted by molar-refractivity contribution is 0.565. The van der Waals surface area contributed by atoms with E-state index in [1.807, 2.05) is 0 Å². The Bertz CT molecular complexity index is 622. The van der Waals surface area contributed by atoms with Crippen molar-refractivity contribution < 1.29 is 8.78 Å². The average molecular weight is 393 g/mol. The molecule has 112 valence electrons. The van der Waals surface area contributed by atoms with Crippen molar-refractivity contribution in [1.82, 2.24) is 5.32 Å². The summed E-state index contributed by atoms with van der Waals surface area (Å²) >= 11 is 10.6. The van der Waals surface area contributed by atoms with Gasteiger partial charge in [-0.3, -0.25) is 0 Å². The van der Waals surface area contributed by atoms with Gasteiger partial charge in [-0.25, -0.2) is 8.78 Å². The molecule has 1 N–H and O–H groups in total. The Morgan fingerprint density at radius 2 is 1.86 bits per heavy atom. The van der Waals surface area contributed by atoms with Crippen LogP contribution in [0.3, 0.4) is 0 Å². The third-order valence-electron chi connectivity index (χ3n) is 3.02. The van der Waals surface area contributed by atoms with E-state index in [0.29, 0.717) is 15.8 Å². The largest absolute Gasteiger partial charge is 0.312 e. The molecule has 0 aliphatic carbocycles. The van der Waals surface area contributed by atoms with Gasteiger partial charge in [-0.2, -0.15) is 0 Å². The van der Waals surface area contributed by atoms with Gasteiger partial charge in [0.1, 0.15) is 11.6 Å². The highest BCUT2D eigenvalue weighted by atomic mass is 79.9. The van der Waals surface area contributed by atoms with Crippen LogP contribution in [0.25, 0.3) is 0 Å². The first-order valence-electron chi connectivity index (χ1n) is 6.22. The monoisotopic (exact) mass is 391 g/mol. The van der Waals surface area contributed by atoms with Crippen LogP contribution in [0.5, 0.6) is 0 Å². The zero-order chi connectivity index (χ0) is 15.4. The topological polar surface area (TPSA) is 12.0 Å². The van der Waals surface area contributed by atoms with E-state index in [-0.39, 0.29) is 16.9 Å². The van der Waals surface area contributed by atoms with Crippen molar-refractivity contribution in [3.05, 3.63) is 63.1 Å². The van der Waals surface area contributed by atoms with Crippen molar-refractivity contribution in [2.24, 2.45) is 0 Å². The molecule has 0 heterocycles. The maximum atomic E-state index is 14.2. The molecule has 1 nitrogen and oxygen atoms in total. The highest BCUT2D eigenvalue weighted by molar-refractivity contribution is 9.10. The fourth-order valence-electron chi connectivity index (χ4n) is 1.85. The molecular formula is C15H13BrClF2NS. The number of benzene rings is 2. The van der Waals surface area contributed by atoms with Gasteiger partial charge in [0.2, 0.25) is 0 Å². The summed E-state index contributed by atoms with van der Waals surface area (Å²) in [7, 11) is 1.77. The van der Waals surface area contributed by atoms with Gasteiger partial charge in [0.15, 0.2) is 0 Å². The summed E-state index contributed by atoms with van der Waals surface area (Å²) in [4.78, 5) is 0.931. The predicted molar refractivity (Wildman–Crippen MR) is 88.0 cm³/mol. The second-order valence-electron chi connectivity index (χ2n) is 4.37. The first-order chi connectivity index (χ1) is 10.0. The van der Waals surface area contributed by atoms with E-state index in [1.54, 1.807) is 31.3 Å². The Morgan fingerprint density at radius 1 is 1.19 bits per heavy atom. The number of rotatable bonds is 5. The summed E-state index contributed by atoms with van der Waals surface area (Å²) in [5.74, 6) is -0.0860. The molecule has 2 aromatic carbocycles. The predicted octanol–water partition coefficient (Wildman–Crippen LogP) is 5.43. The Kier molecular flexibility index (Phi) is 6.05. The van der Waals surface area contributed by atoms with Crippen LogP contribution in [-0.2, 0) is 0 Å². The molecule has 0 bridgehead atoms. The van der Waals surface area contributed by atoms with Crippen LogP contribution in [0.4, 0.5) is 8.78 Å². The summed E-state index contributed by atoms with van der Waals surface area (Å²) in [6.45, 7) is 0. The van der Waals surface area contributed by atoms with Gasteiger partial charge in [-0.05, 0) is 53.3 Å². The lowest BCUT2D eigenvalue weighted by Gasteiger charge is -2.18. The van der Waals surface area contributed by atoms with Crippen molar-refractivity contribution in [2.45, 2.75) is 10.9 Å². The zero-order valence-corrected chi connectivity index (χ0v) is 14.3. The minimum atomic E-state index is -0.426. The van der Waals surface area contributed by atoms with E-state index < -0.39 is 5.82 Å². The summed E-state index contributed by atoms with van der Waals surface area (Å²) in [5.41, 5.74) is 0.514. The Labute approximate surface area is 140 Å². The summed E-state index contributed by atoms with van der Waals surface area (Å²) in [6.07, 6.45) is 0. The molecule has 0 saturated heterocycles. The van der Waals surface area contributed by atoms with Gasteiger partial charge in [-0.1, -0.05) is 17.7 Å². The maximum Gasteiger partial charge on any atom is 0.147 e. The molecule has 0 aliphatic rings. The third-order valence-corrected chi connectivity index (χ3v) is 5.38. The first kappa shape index (κ1) is 16.7. The van der Waals surface area contributed by atoms with E-state index in [1.165, 1.54) is 23.9 Å². The van der Waals surface area contributed by atoms with Crippen molar-refractivity contribution in [3.63, 3.8) is 0 Å². The van der Waals surface area contributed by atoms with E-state index >= 15 is 0 Å². The van der Waals surface area contributed by atoms with Crippen LogP contribution in [0.2, 0.25) is 5.02 Å². The van der Waals surface area contributed by atoms with Crippen molar-refractivity contribution in [2.75, 3.05) is 12.8 Å². The smallest absolute Gasteiger partial charge is 0.147 e. The Morgan fingerprint density at radius 3 is 2.48 bits per heavy atom. The molecule has 2 rings (SSSR count). The summed E-state index contributed by atoms with van der Waals surface area (Å²) in [5, 5.41) is 3.16. The standard InChI is InChI=1S/C15H13BrClF2NS/c1-20-13(8-21-10-4-2-9(18)3-5-10)11-6-7-12(16)14(17)15(11)19/h2-7,13,20H,8H2,1H3. The molecule has 6 heteroatoms. The highest BCUT2D eigenvalue weighted by Gasteiger charge is 2.18. The fourth-order valence-corrected chi connectivity index (χ4v) is 3.36. The van der Waals surface area contributed by atoms with Gasteiger partial charge in [-0.15, -0.1) is 11.8 Å². The lowest BCUT2D eigenvalue weighted by atomic mass is 10.1. The van der Waals surface area contributed by atoms with Gasteiger partial charge in [0.25, 0.3) is 0 Å². The molecule has 0 amide bonds. The van der Waals surface area contributed by atoms with E-state index in [9.17, 15) is 8.78 Å². The van der Waals surface area contributed by atoms with Gasteiger partial charge >= 0.3 is 0 Å². The molecule has 0 fully saturated rings. The lowest BCUT2D eigenvalue weighted by Crippen LogP contribution is -2.20. The SMILES string of the molecule is CNC(CSc1ccc(F)cc1)c1ccc(Br)c(Cl)c1F. The normalized spacial score (nSPS) is 12.4. The van der Waals surface area contributed by atoms with Crippen LogP contribution < -0.4 is 5.32 Å². The van der Waals surface area contributed by atoms with E-state index in [4.69, 9.17) is 11.6 Å². The van der Waals surface area contributed by atoms with Crippen molar-refractivity contribution >= 4 is 39.3 Å². The van der Waals surface area contributed by atoms with Crippen LogP contribution in [0.1, 0.15) is 11.6 Å². The number of nitrogens with one attached hydrogen (secondary N) is 1. The second kappa shape index (κ2) is 7.58. The highest BCUT2D eigenvalue weighted by Crippen LogP contribution is 2.32. The van der Waals surface area contributed by atoms with Crippen LogP contribution in [0, 0.1) is 11.6 Å². The minimum Gasteiger partial charge on any atom is -0.312 e. The van der Waals surface area contributed by atoms with Crippen molar-refractivity contribution in [3.8, 4) is 0 Å². The second-order valence-corrected chi connectivity index (χ2v) is 6.70. The molecule has 0 saturated carbocycles. The average Bonchev–Trinajstić information content (AvgIpc) is 2.49. The molecule has 0 spiro atoms. The molecule has 0 aromatic heterocycles. The van der Waals surface area contributed by atoms with E-state index in [0.717, 1.165) is 4.90 Å². The molecule has 1 unspecified atom stereocenters. The molecule has 21 heavy (non-hydrogen) atoms. The molecule has 2 aromatic rings. The third kappa shape index (κ3) is 4.19.